The Morgan fingerprint density at radius 1 is 1.10 bits per heavy atom. The Balaban J connectivity index is 0.000000400. The molecule has 0 bridgehead atoms. The zero-order valence-electron chi connectivity index (χ0n) is 12.3. The van der Waals surface area contributed by atoms with E-state index in [1.807, 2.05) is 6.92 Å². The molecule has 0 heterocycles. The van der Waals surface area contributed by atoms with Gasteiger partial charge in [0.05, 0.1) is 32.5 Å². The fourth-order valence-electron chi connectivity index (χ4n) is 1.38. The van der Waals surface area contributed by atoms with E-state index < -0.39 is 5.41 Å². The van der Waals surface area contributed by atoms with Crippen LogP contribution in [0.5, 0.6) is 5.75 Å². The molecule has 0 saturated carbocycles. The van der Waals surface area contributed by atoms with Crippen LogP contribution in [0, 0.1) is 5.41 Å². The summed E-state index contributed by atoms with van der Waals surface area (Å²) in [4.78, 5) is 20.7. The number of carbonyl (C=O) groups is 2. The van der Waals surface area contributed by atoms with Crippen molar-refractivity contribution in [3.8, 4) is 5.75 Å². The highest BCUT2D eigenvalue weighted by atomic mass is 16.5. The largest absolute Gasteiger partial charge is 0.496 e. The number of ether oxygens (including phenoxy) is 1. The minimum absolute atomic E-state index is 0.156. The molecule has 1 aromatic rings. The van der Waals surface area contributed by atoms with E-state index in [1.165, 1.54) is 13.2 Å². The molecular weight excluding hydrogens is 276 g/mol. The van der Waals surface area contributed by atoms with Gasteiger partial charge in [-0.25, -0.2) is 0 Å². The second-order valence-corrected chi connectivity index (χ2v) is 4.56. The van der Waals surface area contributed by atoms with Gasteiger partial charge < -0.3 is 20.1 Å². The second kappa shape index (κ2) is 10.0. The number of benzene rings is 1. The first-order chi connectivity index (χ1) is 10.1. The Bertz CT molecular complexity index is 422. The van der Waals surface area contributed by atoms with Crippen LogP contribution in [0.1, 0.15) is 34.1 Å². The summed E-state index contributed by atoms with van der Waals surface area (Å²) >= 11 is 0. The van der Waals surface area contributed by atoms with Crippen molar-refractivity contribution in [2.45, 2.75) is 13.3 Å². The van der Waals surface area contributed by atoms with Crippen LogP contribution in [0.3, 0.4) is 0 Å². The Kier molecular flexibility index (Phi) is 9.20. The van der Waals surface area contributed by atoms with Crippen LogP contribution in [-0.2, 0) is 0 Å². The first-order valence-corrected chi connectivity index (χ1v) is 6.47. The molecule has 0 fully saturated rings. The van der Waals surface area contributed by atoms with E-state index in [4.69, 9.17) is 20.1 Å². The number of aliphatic hydroxyl groups excluding tert-OH is 3. The molecule has 1 rings (SSSR count). The smallest absolute Gasteiger partial charge is 0.153 e. The lowest BCUT2D eigenvalue weighted by atomic mass is 9.88. The topological polar surface area (TPSA) is 104 Å². The molecule has 6 heteroatoms. The lowest BCUT2D eigenvalue weighted by molar-refractivity contribution is 0.00304. The van der Waals surface area contributed by atoms with E-state index in [0.29, 0.717) is 35.9 Å². The molecule has 0 saturated heterocycles. The van der Waals surface area contributed by atoms with E-state index in [9.17, 15) is 9.59 Å². The van der Waals surface area contributed by atoms with Crippen molar-refractivity contribution in [3.63, 3.8) is 0 Å². The van der Waals surface area contributed by atoms with Gasteiger partial charge in [0.2, 0.25) is 0 Å². The van der Waals surface area contributed by atoms with Gasteiger partial charge in [0.25, 0.3) is 0 Å². The third-order valence-electron chi connectivity index (χ3n) is 3.28. The van der Waals surface area contributed by atoms with Crippen molar-refractivity contribution in [2.75, 3.05) is 26.9 Å². The monoisotopic (exact) mass is 298 g/mol. The van der Waals surface area contributed by atoms with Gasteiger partial charge in [0, 0.05) is 11.0 Å². The van der Waals surface area contributed by atoms with E-state index in [1.54, 1.807) is 12.1 Å². The van der Waals surface area contributed by atoms with Crippen LogP contribution in [-0.4, -0.2) is 54.8 Å². The van der Waals surface area contributed by atoms with Gasteiger partial charge >= 0.3 is 0 Å². The summed E-state index contributed by atoms with van der Waals surface area (Å²) in [5, 5.41) is 26.0. The third kappa shape index (κ3) is 5.63. The molecule has 0 aromatic heterocycles. The molecule has 21 heavy (non-hydrogen) atoms. The number of methoxy groups -OCH3 is 1. The van der Waals surface area contributed by atoms with Crippen molar-refractivity contribution < 1.29 is 29.6 Å². The highest BCUT2D eigenvalue weighted by Crippen LogP contribution is 2.18. The number of carbonyl (C=O) groups excluding carboxylic acids is 2. The normalized spacial score (nSPS) is 10.3. The SMILES string of the molecule is CCC(CO)(CO)CO.COc1cc(C=O)ccc1C=O. The second-order valence-electron chi connectivity index (χ2n) is 4.56. The maximum absolute atomic E-state index is 10.4. The number of hydrogen-bond acceptors (Lipinski definition) is 6. The summed E-state index contributed by atoms with van der Waals surface area (Å²) < 4.78 is 4.89. The molecule has 6 nitrogen and oxygen atoms in total. The first kappa shape index (κ1) is 19.2. The van der Waals surface area contributed by atoms with E-state index >= 15 is 0 Å². The molecule has 0 aliphatic rings. The summed E-state index contributed by atoms with van der Waals surface area (Å²) in [6, 6.07) is 4.64. The molecule has 3 N–H and O–H groups in total. The predicted octanol–water partition coefficient (Wildman–Crippen LogP) is 0.680. The molecule has 0 radical (unpaired) electrons. The number of hydrogen-bond donors (Lipinski definition) is 3. The van der Waals surface area contributed by atoms with Gasteiger partial charge in [-0.1, -0.05) is 13.0 Å². The zero-order chi connectivity index (χ0) is 16.3. The van der Waals surface area contributed by atoms with Gasteiger partial charge in [-0.15, -0.1) is 0 Å². The van der Waals surface area contributed by atoms with Gasteiger partial charge in [-0.2, -0.15) is 0 Å². The molecular formula is C15H22O6. The zero-order valence-corrected chi connectivity index (χ0v) is 12.3. The predicted molar refractivity (Wildman–Crippen MR) is 77.8 cm³/mol. The van der Waals surface area contributed by atoms with Crippen LogP contribution < -0.4 is 4.74 Å². The Labute approximate surface area is 124 Å². The lowest BCUT2D eigenvalue weighted by Gasteiger charge is -2.24. The van der Waals surface area contributed by atoms with Crippen LogP contribution in [0.15, 0.2) is 18.2 Å². The molecule has 118 valence electrons. The van der Waals surface area contributed by atoms with Gasteiger partial charge in [0.1, 0.15) is 12.0 Å². The third-order valence-corrected chi connectivity index (χ3v) is 3.28. The van der Waals surface area contributed by atoms with E-state index in [-0.39, 0.29) is 19.8 Å². The van der Waals surface area contributed by atoms with Crippen LogP contribution >= 0.6 is 0 Å². The minimum atomic E-state index is -0.667. The van der Waals surface area contributed by atoms with Crippen LogP contribution in [0.25, 0.3) is 0 Å². The molecule has 0 aliphatic carbocycles. The molecule has 0 atom stereocenters. The highest BCUT2D eigenvalue weighted by molar-refractivity contribution is 5.83. The lowest BCUT2D eigenvalue weighted by Crippen LogP contribution is -2.32. The maximum Gasteiger partial charge on any atom is 0.153 e. The van der Waals surface area contributed by atoms with E-state index in [2.05, 4.69) is 0 Å². The molecule has 1 aromatic carbocycles. The first-order valence-electron chi connectivity index (χ1n) is 6.47. The van der Waals surface area contributed by atoms with E-state index in [0.717, 1.165) is 0 Å². The number of aldehydes is 2. The fourth-order valence-corrected chi connectivity index (χ4v) is 1.38. The Morgan fingerprint density at radius 3 is 1.95 bits per heavy atom. The average Bonchev–Trinajstić information content (AvgIpc) is 2.57. The van der Waals surface area contributed by atoms with Crippen molar-refractivity contribution in [2.24, 2.45) is 5.41 Å². The summed E-state index contributed by atoms with van der Waals surface area (Å²) in [5.41, 5.74) is 0.278. The quantitative estimate of drug-likeness (QED) is 0.639. The average molecular weight is 298 g/mol. The molecule has 0 unspecified atom stereocenters. The minimum Gasteiger partial charge on any atom is -0.496 e. The van der Waals surface area contributed by atoms with Gasteiger partial charge in [-0.05, 0) is 18.6 Å². The number of rotatable bonds is 7. The van der Waals surface area contributed by atoms with Crippen molar-refractivity contribution in [3.05, 3.63) is 29.3 Å². The number of aliphatic hydroxyl groups is 3. The van der Waals surface area contributed by atoms with Crippen molar-refractivity contribution in [1.29, 1.82) is 0 Å². The highest BCUT2D eigenvalue weighted by Gasteiger charge is 2.24. The van der Waals surface area contributed by atoms with Gasteiger partial charge in [0.15, 0.2) is 6.29 Å². The van der Waals surface area contributed by atoms with Crippen molar-refractivity contribution >= 4 is 12.6 Å². The summed E-state index contributed by atoms with van der Waals surface area (Å²) in [6.45, 7) is 1.35. The van der Waals surface area contributed by atoms with Gasteiger partial charge in [-0.3, -0.25) is 9.59 Å². The Hall–Kier alpha value is -1.76. The maximum atomic E-state index is 10.4. The summed E-state index contributed by atoms with van der Waals surface area (Å²) in [7, 11) is 1.46. The van der Waals surface area contributed by atoms with Crippen LogP contribution in [0.2, 0.25) is 0 Å². The molecule has 0 aliphatic heterocycles. The van der Waals surface area contributed by atoms with Crippen molar-refractivity contribution in [1.82, 2.24) is 0 Å². The molecule has 0 spiro atoms. The molecule has 0 amide bonds. The van der Waals surface area contributed by atoms with Crippen LogP contribution in [0.4, 0.5) is 0 Å². The summed E-state index contributed by atoms with van der Waals surface area (Å²) in [5.74, 6) is 0.426. The summed E-state index contributed by atoms with van der Waals surface area (Å²) in [6.07, 6.45) is 1.99. The standard InChI is InChI=1S/C9H8O3.C6H14O3/c1-12-9-4-7(5-10)2-3-8(9)6-11;1-2-6(3-7,4-8)5-9/h2-6H,1H3;7-9H,2-5H2,1H3. The fraction of sp³-hybridized carbons (Fsp3) is 0.467. The Morgan fingerprint density at radius 2 is 1.67 bits per heavy atom.